The zero-order valence-corrected chi connectivity index (χ0v) is 7.65. The molecule has 0 spiro atoms. The van der Waals surface area contributed by atoms with Gasteiger partial charge in [-0.25, -0.2) is 0 Å². The zero-order valence-electron chi connectivity index (χ0n) is 6.76. The normalized spacial score (nSPS) is 38.2. The Morgan fingerprint density at radius 1 is 1.17 bits per heavy atom. The molecule has 1 unspecified atom stereocenters. The lowest BCUT2D eigenvalue weighted by molar-refractivity contribution is 0.313. The van der Waals surface area contributed by atoms with Crippen molar-refractivity contribution >= 4 is 7.60 Å². The second-order valence-electron chi connectivity index (χ2n) is 3.38. The highest BCUT2D eigenvalue weighted by molar-refractivity contribution is 7.52. The van der Waals surface area contributed by atoms with Gasteiger partial charge in [-0.05, 0) is 19.3 Å². The molecule has 0 amide bonds. The van der Waals surface area contributed by atoms with Crippen molar-refractivity contribution in [1.29, 1.82) is 0 Å². The van der Waals surface area contributed by atoms with E-state index in [1.807, 2.05) is 0 Å². The molecular formula is C6H15N2O3P. The first kappa shape index (κ1) is 10.2. The zero-order chi connectivity index (χ0) is 9.35. The molecule has 0 radical (unpaired) electrons. The Balaban J connectivity index is 2.57. The molecule has 1 saturated carbocycles. The van der Waals surface area contributed by atoms with Crippen LogP contribution in [0, 0.1) is 0 Å². The van der Waals surface area contributed by atoms with Gasteiger partial charge in [-0.1, -0.05) is 0 Å². The Bertz CT molecular complexity index is 205. The van der Waals surface area contributed by atoms with Crippen LogP contribution in [0.1, 0.15) is 19.3 Å². The fourth-order valence-electron chi connectivity index (χ4n) is 1.51. The van der Waals surface area contributed by atoms with Gasteiger partial charge in [0.15, 0.2) is 0 Å². The summed E-state index contributed by atoms with van der Waals surface area (Å²) in [6.45, 7) is 0. The molecule has 3 atom stereocenters. The molecule has 0 heterocycles. The molecule has 72 valence electrons. The number of rotatable bonds is 1. The van der Waals surface area contributed by atoms with Gasteiger partial charge in [0.05, 0.1) is 5.66 Å². The van der Waals surface area contributed by atoms with E-state index in [1.54, 1.807) is 0 Å². The van der Waals surface area contributed by atoms with Crippen LogP contribution in [0.15, 0.2) is 0 Å². The third kappa shape index (κ3) is 2.28. The first-order valence-corrected chi connectivity index (χ1v) is 5.66. The largest absolute Gasteiger partial charge is 0.328 e. The minimum atomic E-state index is -3.94. The van der Waals surface area contributed by atoms with Crippen LogP contribution < -0.4 is 11.5 Å². The SMILES string of the molecule is N[C@@H]1CCC(P(=O)(O)O)C[C@H]1N. The Morgan fingerprint density at radius 2 is 1.75 bits per heavy atom. The molecule has 0 aliphatic heterocycles. The molecule has 6 N–H and O–H groups in total. The predicted molar refractivity (Wildman–Crippen MR) is 45.6 cm³/mol. The Morgan fingerprint density at radius 3 is 2.17 bits per heavy atom. The van der Waals surface area contributed by atoms with Gasteiger partial charge < -0.3 is 21.3 Å². The topological polar surface area (TPSA) is 110 Å². The maximum absolute atomic E-state index is 10.8. The van der Waals surface area contributed by atoms with Gasteiger partial charge in [0.2, 0.25) is 0 Å². The summed E-state index contributed by atoms with van der Waals surface area (Å²) in [6.07, 6.45) is 1.43. The predicted octanol–water partition coefficient (Wildman–Crippen LogP) is -0.629. The summed E-state index contributed by atoms with van der Waals surface area (Å²) < 4.78 is 10.8. The second kappa shape index (κ2) is 3.44. The van der Waals surface area contributed by atoms with Crippen LogP contribution in [0.5, 0.6) is 0 Å². The van der Waals surface area contributed by atoms with Gasteiger partial charge in [0.25, 0.3) is 0 Å². The molecule has 0 saturated heterocycles. The van der Waals surface area contributed by atoms with E-state index in [4.69, 9.17) is 21.3 Å². The van der Waals surface area contributed by atoms with Gasteiger partial charge >= 0.3 is 7.60 Å². The summed E-state index contributed by atoms with van der Waals surface area (Å²) >= 11 is 0. The fraction of sp³-hybridized carbons (Fsp3) is 1.00. The highest BCUT2D eigenvalue weighted by Gasteiger charge is 2.35. The van der Waals surface area contributed by atoms with Crippen molar-refractivity contribution in [2.45, 2.75) is 37.0 Å². The van der Waals surface area contributed by atoms with Crippen molar-refractivity contribution in [2.24, 2.45) is 11.5 Å². The molecule has 1 rings (SSSR count). The fourth-order valence-corrected chi connectivity index (χ4v) is 2.51. The third-order valence-electron chi connectivity index (χ3n) is 2.40. The van der Waals surface area contributed by atoms with Crippen molar-refractivity contribution in [3.63, 3.8) is 0 Å². The van der Waals surface area contributed by atoms with E-state index in [1.165, 1.54) is 0 Å². The van der Waals surface area contributed by atoms with Gasteiger partial charge in [0.1, 0.15) is 0 Å². The smallest absolute Gasteiger partial charge is 0.326 e. The summed E-state index contributed by atoms with van der Waals surface area (Å²) in [5, 5.41) is 0. The van der Waals surface area contributed by atoms with Gasteiger partial charge in [-0.2, -0.15) is 0 Å². The average Bonchev–Trinajstić information content (AvgIpc) is 1.92. The van der Waals surface area contributed by atoms with Crippen molar-refractivity contribution in [3.05, 3.63) is 0 Å². The van der Waals surface area contributed by atoms with Crippen molar-refractivity contribution in [3.8, 4) is 0 Å². The first-order valence-electron chi connectivity index (χ1n) is 3.97. The lowest BCUT2D eigenvalue weighted by atomic mass is 9.91. The van der Waals surface area contributed by atoms with E-state index < -0.39 is 13.3 Å². The van der Waals surface area contributed by atoms with Gasteiger partial charge in [-0.15, -0.1) is 0 Å². The van der Waals surface area contributed by atoms with E-state index in [-0.39, 0.29) is 12.1 Å². The van der Waals surface area contributed by atoms with Crippen molar-refractivity contribution < 1.29 is 14.4 Å². The Hall–Kier alpha value is 0.0700. The highest BCUT2D eigenvalue weighted by Crippen LogP contribution is 2.47. The summed E-state index contributed by atoms with van der Waals surface area (Å²) in [5.41, 5.74) is 10.6. The third-order valence-corrected chi connectivity index (χ3v) is 3.82. The number of hydrogen-bond donors (Lipinski definition) is 4. The van der Waals surface area contributed by atoms with Crippen molar-refractivity contribution in [2.75, 3.05) is 0 Å². The highest BCUT2D eigenvalue weighted by atomic mass is 31.2. The molecule has 12 heavy (non-hydrogen) atoms. The van der Waals surface area contributed by atoms with Crippen LogP contribution in [-0.4, -0.2) is 27.5 Å². The molecule has 0 aromatic rings. The monoisotopic (exact) mass is 194 g/mol. The second-order valence-corrected chi connectivity index (χ2v) is 5.29. The maximum Gasteiger partial charge on any atom is 0.328 e. The molecule has 1 aliphatic carbocycles. The van der Waals surface area contributed by atoms with E-state index in [0.29, 0.717) is 19.3 Å². The van der Waals surface area contributed by atoms with Crippen LogP contribution in [0.25, 0.3) is 0 Å². The quantitative estimate of drug-likeness (QED) is 0.415. The molecule has 0 bridgehead atoms. The number of hydrogen-bond acceptors (Lipinski definition) is 3. The lowest BCUT2D eigenvalue weighted by Crippen LogP contribution is -2.47. The molecule has 5 nitrogen and oxygen atoms in total. The van der Waals surface area contributed by atoms with Crippen LogP contribution in [-0.2, 0) is 4.57 Å². The van der Waals surface area contributed by atoms with Gasteiger partial charge in [0, 0.05) is 12.1 Å². The first-order chi connectivity index (χ1) is 5.41. The molecule has 0 aromatic carbocycles. The standard InChI is InChI=1S/C6H15N2O3P/c7-5-2-1-4(3-6(5)8)12(9,10)11/h4-6H,1-3,7-8H2,(H2,9,10,11)/t4?,5-,6-/m1/s1. The summed E-state index contributed by atoms with van der Waals surface area (Å²) in [7, 11) is -3.94. The average molecular weight is 194 g/mol. The minimum Gasteiger partial charge on any atom is -0.326 e. The summed E-state index contributed by atoms with van der Waals surface area (Å²) in [6, 6.07) is -0.371. The maximum atomic E-state index is 10.8. The summed E-state index contributed by atoms with van der Waals surface area (Å²) in [4.78, 5) is 17.7. The molecule has 1 aliphatic rings. The van der Waals surface area contributed by atoms with Crippen molar-refractivity contribution in [1.82, 2.24) is 0 Å². The van der Waals surface area contributed by atoms with Crippen LogP contribution in [0.4, 0.5) is 0 Å². The van der Waals surface area contributed by atoms with E-state index >= 15 is 0 Å². The molecule has 1 fully saturated rings. The molecular weight excluding hydrogens is 179 g/mol. The lowest BCUT2D eigenvalue weighted by Gasteiger charge is -2.31. The van der Waals surface area contributed by atoms with Gasteiger partial charge in [-0.3, -0.25) is 4.57 Å². The minimum absolute atomic E-state index is 0.104. The van der Waals surface area contributed by atoms with Crippen LogP contribution >= 0.6 is 7.60 Å². The van der Waals surface area contributed by atoms with E-state index in [0.717, 1.165) is 0 Å². The van der Waals surface area contributed by atoms with E-state index in [9.17, 15) is 4.57 Å². The summed E-state index contributed by atoms with van der Waals surface area (Å²) in [5.74, 6) is 0. The molecule has 0 aromatic heterocycles. The Kier molecular flexibility index (Phi) is 2.91. The van der Waals surface area contributed by atoms with Crippen LogP contribution in [0.2, 0.25) is 0 Å². The molecule has 6 heteroatoms. The van der Waals surface area contributed by atoms with E-state index in [2.05, 4.69) is 0 Å². The van der Waals surface area contributed by atoms with Crippen LogP contribution in [0.3, 0.4) is 0 Å². The number of nitrogens with two attached hydrogens (primary N) is 2. The Labute approximate surface area is 71.3 Å².